The second kappa shape index (κ2) is 4.89. The van der Waals surface area contributed by atoms with Crippen LogP contribution in [0.5, 0.6) is 0 Å². The Kier molecular flexibility index (Phi) is 6.24. The van der Waals surface area contributed by atoms with Gasteiger partial charge in [-0.15, -0.1) is 0 Å². The van der Waals surface area contributed by atoms with Gasteiger partial charge in [-0.05, 0) is 0 Å². The molecule has 0 spiro atoms. The van der Waals surface area contributed by atoms with Gasteiger partial charge in [0.15, 0.2) is 0 Å². The Bertz CT molecular complexity index is 202. The van der Waals surface area contributed by atoms with Crippen molar-refractivity contribution in [2.24, 2.45) is 5.41 Å². The molecule has 0 aliphatic rings. The van der Waals surface area contributed by atoms with Crippen LogP contribution in [-0.2, 0) is 9.36 Å². The van der Waals surface area contributed by atoms with Crippen LogP contribution in [0.15, 0.2) is 0 Å². The number of carbonyl (C=O) groups excluding carboxylic acids is 1. The van der Waals surface area contributed by atoms with Crippen molar-refractivity contribution < 1.29 is 48.7 Å². The summed E-state index contributed by atoms with van der Waals surface area (Å²) in [4.78, 5) is 29.5. The third-order valence-electron chi connectivity index (χ3n) is 1.18. The molecule has 0 aromatic carbocycles. The molecule has 1 N–H and O–H groups in total. The minimum Gasteiger partial charge on any atom is -0.778 e. The number of carbonyl (C=O) groups is 1. The number of rotatable bonds is 2. The topological polar surface area (TPSA) is 77.4 Å². The van der Waals surface area contributed by atoms with Crippen molar-refractivity contribution in [1.82, 2.24) is 0 Å². The Labute approximate surface area is 94.2 Å². The van der Waals surface area contributed by atoms with E-state index in [9.17, 15) is 14.3 Å². The molecule has 66 valence electrons. The molecule has 1 atom stereocenters. The average molecular weight is 202 g/mol. The molecule has 0 bridgehead atoms. The summed E-state index contributed by atoms with van der Waals surface area (Å²) in [5.74, 6) is -0.474. The molecule has 4 nitrogen and oxygen atoms in total. The smallest absolute Gasteiger partial charge is 0.778 e. The van der Waals surface area contributed by atoms with Crippen molar-refractivity contribution in [3.05, 3.63) is 0 Å². The maximum atomic E-state index is 10.9. The molecule has 0 amide bonds. The van der Waals surface area contributed by atoms with Crippen LogP contribution in [0.2, 0.25) is 0 Å². The second-order valence-corrected chi connectivity index (χ2v) is 5.06. The van der Waals surface area contributed by atoms with Crippen LogP contribution < -0.4 is 34.5 Å². The maximum absolute atomic E-state index is 10.9. The van der Waals surface area contributed by atoms with E-state index < -0.39 is 25.0 Å². The van der Waals surface area contributed by atoms with Gasteiger partial charge in [0.05, 0.1) is 6.16 Å². The Morgan fingerprint density at radius 2 is 1.83 bits per heavy atom. The van der Waals surface area contributed by atoms with E-state index in [2.05, 4.69) is 0 Å². The summed E-state index contributed by atoms with van der Waals surface area (Å²) in [7, 11) is -4.42. The van der Waals surface area contributed by atoms with Gasteiger partial charge in [0.2, 0.25) is 0 Å². The van der Waals surface area contributed by atoms with Gasteiger partial charge >= 0.3 is 29.6 Å². The summed E-state index contributed by atoms with van der Waals surface area (Å²) in [5, 5.41) is 0. The standard InChI is InChI=1S/C6H13O4P.Na/c1-6(2,3)5(7)4-11(8,9)10;/h4H2,1-3H3,(H2,8,9,10);/q;+1/p-1. The van der Waals surface area contributed by atoms with Crippen molar-refractivity contribution in [1.29, 1.82) is 0 Å². The predicted octanol–water partition coefficient (Wildman–Crippen LogP) is -2.85. The van der Waals surface area contributed by atoms with Gasteiger partial charge in [0.25, 0.3) is 0 Å². The zero-order valence-electron chi connectivity index (χ0n) is 7.83. The molecule has 0 fully saturated rings. The molecule has 0 aliphatic carbocycles. The van der Waals surface area contributed by atoms with E-state index in [4.69, 9.17) is 4.89 Å². The van der Waals surface area contributed by atoms with E-state index in [1.165, 1.54) is 0 Å². The molecule has 0 aromatic rings. The SMILES string of the molecule is CC(C)(C)C(=O)CP(=O)([O-])O.[Na+]. The maximum Gasteiger partial charge on any atom is 1.00 e. The fraction of sp³-hybridized carbons (Fsp3) is 0.833. The van der Waals surface area contributed by atoms with E-state index in [1.54, 1.807) is 20.8 Å². The van der Waals surface area contributed by atoms with Gasteiger partial charge in [-0.1, -0.05) is 20.8 Å². The molecule has 1 unspecified atom stereocenters. The van der Waals surface area contributed by atoms with E-state index in [1.807, 2.05) is 0 Å². The fourth-order valence-corrected chi connectivity index (χ4v) is 1.26. The first-order valence-electron chi connectivity index (χ1n) is 3.19. The summed E-state index contributed by atoms with van der Waals surface area (Å²) in [6, 6.07) is 0. The third-order valence-corrected chi connectivity index (χ3v) is 1.87. The normalized spacial score (nSPS) is 16.1. The third kappa shape index (κ3) is 7.47. The molecular formula is C6H12NaO4P. The molecule has 0 heterocycles. The van der Waals surface area contributed by atoms with Crippen molar-refractivity contribution >= 4 is 13.4 Å². The summed E-state index contributed by atoms with van der Waals surface area (Å²) >= 11 is 0. The average Bonchev–Trinajstić information content (AvgIpc) is 1.56. The Balaban J connectivity index is 0. The summed E-state index contributed by atoms with van der Waals surface area (Å²) in [6.07, 6.45) is -0.767. The van der Waals surface area contributed by atoms with Crippen molar-refractivity contribution in [2.45, 2.75) is 20.8 Å². The van der Waals surface area contributed by atoms with Crippen LogP contribution in [0.4, 0.5) is 0 Å². The Morgan fingerprint density at radius 3 is 1.92 bits per heavy atom. The fourth-order valence-electron chi connectivity index (χ4n) is 0.419. The van der Waals surface area contributed by atoms with Gasteiger partial charge in [-0.3, -0.25) is 4.79 Å². The molecule has 0 rings (SSSR count). The Hall–Kier alpha value is 0.820. The second-order valence-electron chi connectivity index (χ2n) is 3.47. The minimum absolute atomic E-state index is 0. The summed E-state index contributed by atoms with van der Waals surface area (Å²) < 4.78 is 10.3. The van der Waals surface area contributed by atoms with Crippen molar-refractivity contribution in [2.75, 3.05) is 6.16 Å². The number of hydrogen-bond donors (Lipinski definition) is 1. The number of hydrogen-bond acceptors (Lipinski definition) is 3. The zero-order chi connectivity index (χ0) is 9.28. The Morgan fingerprint density at radius 1 is 1.50 bits per heavy atom. The molecular weight excluding hydrogens is 190 g/mol. The summed E-state index contributed by atoms with van der Waals surface area (Å²) in [5.41, 5.74) is -0.706. The first-order valence-corrected chi connectivity index (χ1v) is 4.95. The molecule has 0 aliphatic heterocycles. The van der Waals surface area contributed by atoms with Crippen molar-refractivity contribution in [3.8, 4) is 0 Å². The largest absolute Gasteiger partial charge is 1.00 e. The van der Waals surface area contributed by atoms with Crippen LogP contribution in [-0.4, -0.2) is 16.8 Å². The minimum atomic E-state index is -4.42. The first kappa shape index (κ1) is 15.3. The monoisotopic (exact) mass is 202 g/mol. The number of ketones is 1. The van der Waals surface area contributed by atoms with Gasteiger partial charge < -0.3 is 14.4 Å². The molecule has 0 saturated heterocycles. The van der Waals surface area contributed by atoms with Gasteiger partial charge in [0, 0.05) is 5.41 Å². The van der Waals surface area contributed by atoms with Crippen LogP contribution in [0.3, 0.4) is 0 Å². The molecule has 0 saturated carbocycles. The van der Waals surface area contributed by atoms with Gasteiger partial charge in [-0.2, -0.15) is 0 Å². The van der Waals surface area contributed by atoms with Gasteiger partial charge in [-0.25, -0.2) is 0 Å². The van der Waals surface area contributed by atoms with E-state index in [0.29, 0.717) is 0 Å². The molecule has 12 heavy (non-hydrogen) atoms. The molecule has 6 heteroatoms. The molecule has 0 radical (unpaired) electrons. The zero-order valence-corrected chi connectivity index (χ0v) is 10.7. The van der Waals surface area contributed by atoms with E-state index in [-0.39, 0.29) is 29.6 Å². The van der Waals surface area contributed by atoms with Crippen LogP contribution in [0.25, 0.3) is 0 Å². The number of Topliss-reactive ketones (excluding diaryl/α,β-unsaturated/α-hetero) is 1. The quantitative estimate of drug-likeness (QED) is 0.386. The molecule has 0 aromatic heterocycles. The van der Waals surface area contributed by atoms with Crippen molar-refractivity contribution in [3.63, 3.8) is 0 Å². The van der Waals surface area contributed by atoms with E-state index in [0.717, 1.165) is 0 Å². The van der Waals surface area contributed by atoms with Crippen LogP contribution in [0.1, 0.15) is 20.8 Å². The van der Waals surface area contributed by atoms with Gasteiger partial charge in [0.1, 0.15) is 13.4 Å². The first-order chi connectivity index (χ1) is 4.63. The predicted molar refractivity (Wildman–Crippen MR) is 39.2 cm³/mol. The van der Waals surface area contributed by atoms with Crippen LogP contribution >= 0.6 is 7.60 Å². The van der Waals surface area contributed by atoms with Crippen LogP contribution in [0, 0.1) is 5.41 Å². The summed E-state index contributed by atoms with van der Waals surface area (Å²) in [6.45, 7) is 4.81. The van der Waals surface area contributed by atoms with E-state index >= 15 is 0 Å².